The number of urea groups is 1. The molecule has 7 nitrogen and oxygen atoms in total. The summed E-state index contributed by atoms with van der Waals surface area (Å²) in [6.07, 6.45) is 0. The van der Waals surface area contributed by atoms with Gasteiger partial charge in [-0.1, -0.05) is 12.1 Å². The summed E-state index contributed by atoms with van der Waals surface area (Å²) in [5.74, 6) is -0.789. The van der Waals surface area contributed by atoms with Gasteiger partial charge in [0.15, 0.2) is 0 Å². The number of hydrogen-bond acceptors (Lipinski definition) is 4. The van der Waals surface area contributed by atoms with Crippen molar-refractivity contribution in [1.82, 2.24) is 4.90 Å². The van der Waals surface area contributed by atoms with E-state index in [4.69, 9.17) is 0 Å². The summed E-state index contributed by atoms with van der Waals surface area (Å²) < 4.78 is 0. The number of phenols is 1. The third-order valence-corrected chi connectivity index (χ3v) is 3.97. The molecule has 2 aromatic rings. The Labute approximate surface area is 150 Å². The zero-order valence-electron chi connectivity index (χ0n) is 14.7. The maximum absolute atomic E-state index is 12.6. The molecule has 0 radical (unpaired) electrons. The van der Waals surface area contributed by atoms with Crippen LogP contribution >= 0.6 is 0 Å². The summed E-state index contributed by atoms with van der Waals surface area (Å²) in [7, 11) is 0. The highest BCUT2D eigenvalue weighted by Gasteiger charge is 2.41. The first-order chi connectivity index (χ1) is 12.2. The van der Waals surface area contributed by atoms with Gasteiger partial charge in [-0.15, -0.1) is 0 Å². The van der Waals surface area contributed by atoms with Gasteiger partial charge in [0.25, 0.3) is 11.8 Å². The van der Waals surface area contributed by atoms with Gasteiger partial charge in [0.2, 0.25) is 0 Å². The standard InChI is InChI=1S/C19H19N3O4/c1-19(2,3)22-16(24)12-9-8-11(10-13(12)17(22)25)20-18(26)21-14-6-4-5-7-15(14)23/h4-10,23H,1-3H3,(H2,20,21,26). The predicted octanol–water partition coefficient (Wildman–Crippen LogP) is 3.43. The van der Waals surface area contributed by atoms with E-state index in [1.807, 2.05) is 0 Å². The first-order valence-electron chi connectivity index (χ1n) is 8.07. The molecule has 2 aromatic carbocycles. The van der Waals surface area contributed by atoms with Gasteiger partial charge < -0.3 is 15.7 Å². The van der Waals surface area contributed by atoms with Crippen LogP contribution in [0.3, 0.4) is 0 Å². The molecule has 26 heavy (non-hydrogen) atoms. The van der Waals surface area contributed by atoms with E-state index in [1.54, 1.807) is 45.0 Å². The Morgan fingerprint density at radius 2 is 1.62 bits per heavy atom. The largest absolute Gasteiger partial charge is 0.506 e. The Bertz CT molecular complexity index is 915. The fourth-order valence-electron chi connectivity index (χ4n) is 2.79. The molecule has 0 unspecified atom stereocenters. The Balaban J connectivity index is 1.80. The van der Waals surface area contributed by atoms with Gasteiger partial charge in [0.05, 0.1) is 16.8 Å². The van der Waals surface area contributed by atoms with Crippen LogP contribution < -0.4 is 10.6 Å². The second-order valence-electron chi connectivity index (χ2n) is 6.97. The van der Waals surface area contributed by atoms with E-state index in [2.05, 4.69) is 10.6 Å². The Morgan fingerprint density at radius 1 is 0.962 bits per heavy atom. The molecule has 0 aromatic heterocycles. The van der Waals surface area contributed by atoms with Crippen LogP contribution in [0.5, 0.6) is 5.75 Å². The lowest BCUT2D eigenvalue weighted by molar-refractivity contribution is 0.0507. The fourth-order valence-corrected chi connectivity index (χ4v) is 2.79. The Kier molecular flexibility index (Phi) is 4.15. The minimum Gasteiger partial charge on any atom is -0.506 e. The van der Waals surface area contributed by atoms with Crippen molar-refractivity contribution < 1.29 is 19.5 Å². The number of carbonyl (C=O) groups excluding carboxylic acids is 3. The maximum Gasteiger partial charge on any atom is 0.323 e. The van der Waals surface area contributed by atoms with E-state index in [0.717, 1.165) is 0 Å². The van der Waals surface area contributed by atoms with Gasteiger partial charge in [-0.3, -0.25) is 14.5 Å². The zero-order chi connectivity index (χ0) is 19.1. The summed E-state index contributed by atoms with van der Waals surface area (Å²) in [5, 5.41) is 14.8. The van der Waals surface area contributed by atoms with Crippen LogP contribution in [0.15, 0.2) is 42.5 Å². The molecule has 134 valence electrons. The normalized spacial score (nSPS) is 13.6. The molecule has 4 amide bonds. The number of imide groups is 1. The highest BCUT2D eigenvalue weighted by Crippen LogP contribution is 2.31. The van der Waals surface area contributed by atoms with E-state index in [0.29, 0.717) is 11.3 Å². The van der Waals surface area contributed by atoms with E-state index in [-0.39, 0.29) is 28.8 Å². The smallest absolute Gasteiger partial charge is 0.323 e. The number of amides is 4. The molecule has 3 N–H and O–H groups in total. The maximum atomic E-state index is 12.6. The van der Waals surface area contributed by atoms with Crippen LogP contribution in [0.1, 0.15) is 41.5 Å². The molecule has 0 bridgehead atoms. The Hall–Kier alpha value is -3.35. The van der Waals surface area contributed by atoms with Crippen LogP contribution in [0.25, 0.3) is 0 Å². The van der Waals surface area contributed by atoms with Crippen molar-refractivity contribution in [3.63, 3.8) is 0 Å². The van der Waals surface area contributed by atoms with Crippen molar-refractivity contribution in [2.75, 3.05) is 10.6 Å². The van der Waals surface area contributed by atoms with Crippen LogP contribution in [0.2, 0.25) is 0 Å². The van der Waals surface area contributed by atoms with Crippen molar-refractivity contribution in [3.8, 4) is 5.75 Å². The summed E-state index contributed by atoms with van der Waals surface area (Å²) in [4.78, 5) is 38.3. The van der Waals surface area contributed by atoms with Gasteiger partial charge in [-0.05, 0) is 51.1 Å². The Morgan fingerprint density at radius 3 is 2.27 bits per heavy atom. The van der Waals surface area contributed by atoms with E-state index in [1.165, 1.54) is 23.1 Å². The molecular weight excluding hydrogens is 334 g/mol. The number of fused-ring (bicyclic) bond motifs is 1. The number of anilines is 2. The SMILES string of the molecule is CC(C)(C)N1C(=O)c2ccc(NC(=O)Nc3ccccc3O)cc2C1=O. The lowest BCUT2D eigenvalue weighted by Crippen LogP contribution is -2.45. The molecule has 1 heterocycles. The van der Waals surface area contributed by atoms with Gasteiger partial charge in [-0.2, -0.15) is 0 Å². The molecule has 1 aliphatic rings. The lowest BCUT2D eigenvalue weighted by Gasteiger charge is -2.29. The number of para-hydroxylation sites is 2. The fraction of sp³-hybridized carbons (Fsp3) is 0.211. The molecule has 0 fully saturated rings. The van der Waals surface area contributed by atoms with Gasteiger partial charge >= 0.3 is 6.03 Å². The lowest BCUT2D eigenvalue weighted by atomic mass is 10.1. The third-order valence-electron chi connectivity index (χ3n) is 3.97. The second kappa shape index (κ2) is 6.18. The molecule has 0 aliphatic carbocycles. The minimum atomic E-state index is -0.636. The molecule has 0 saturated carbocycles. The van der Waals surface area contributed by atoms with Gasteiger partial charge in [-0.25, -0.2) is 4.79 Å². The number of rotatable bonds is 2. The molecule has 0 spiro atoms. The van der Waals surface area contributed by atoms with Crippen molar-refractivity contribution in [2.45, 2.75) is 26.3 Å². The van der Waals surface area contributed by atoms with Crippen LogP contribution in [0, 0.1) is 0 Å². The van der Waals surface area contributed by atoms with Crippen molar-refractivity contribution >= 4 is 29.2 Å². The van der Waals surface area contributed by atoms with Crippen molar-refractivity contribution in [2.24, 2.45) is 0 Å². The number of nitrogens with one attached hydrogen (secondary N) is 2. The monoisotopic (exact) mass is 353 g/mol. The minimum absolute atomic E-state index is 0.0572. The molecule has 3 rings (SSSR count). The number of nitrogens with zero attached hydrogens (tertiary/aromatic N) is 1. The van der Waals surface area contributed by atoms with Gasteiger partial charge in [0.1, 0.15) is 5.75 Å². The number of carbonyl (C=O) groups is 3. The summed E-state index contributed by atoms with van der Waals surface area (Å²) in [6, 6.07) is 10.3. The first kappa shape index (κ1) is 17.5. The number of phenolic OH excluding ortho intramolecular Hbond substituents is 1. The quantitative estimate of drug-likeness (QED) is 0.569. The number of benzene rings is 2. The summed E-state index contributed by atoms with van der Waals surface area (Å²) in [5.41, 5.74) is 0.565. The number of aromatic hydroxyl groups is 1. The van der Waals surface area contributed by atoms with E-state index >= 15 is 0 Å². The highest BCUT2D eigenvalue weighted by atomic mass is 16.3. The summed E-state index contributed by atoms with van der Waals surface area (Å²) >= 11 is 0. The third kappa shape index (κ3) is 3.11. The van der Waals surface area contributed by atoms with E-state index in [9.17, 15) is 19.5 Å². The van der Waals surface area contributed by atoms with Crippen molar-refractivity contribution in [3.05, 3.63) is 53.6 Å². The van der Waals surface area contributed by atoms with Gasteiger partial charge in [0, 0.05) is 11.2 Å². The van der Waals surface area contributed by atoms with Crippen LogP contribution in [-0.4, -0.2) is 33.4 Å². The average molecular weight is 353 g/mol. The summed E-state index contributed by atoms with van der Waals surface area (Å²) in [6.45, 7) is 5.36. The first-order valence-corrected chi connectivity index (χ1v) is 8.07. The van der Waals surface area contributed by atoms with Crippen LogP contribution in [-0.2, 0) is 0 Å². The predicted molar refractivity (Wildman–Crippen MR) is 97.4 cm³/mol. The molecule has 0 atom stereocenters. The molecular formula is C19H19N3O4. The number of hydrogen-bond donors (Lipinski definition) is 3. The second-order valence-corrected chi connectivity index (χ2v) is 6.97. The zero-order valence-corrected chi connectivity index (χ0v) is 14.7. The molecule has 0 saturated heterocycles. The van der Waals surface area contributed by atoms with Crippen molar-refractivity contribution in [1.29, 1.82) is 0 Å². The topological polar surface area (TPSA) is 98.7 Å². The molecule has 7 heteroatoms. The average Bonchev–Trinajstić information content (AvgIpc) is 2.80. The molecule has 1 aliphatic heterocycles. The highest BCUT2D eigenvalue weighted by molar-refractivity contribution is 6.22. The van der Waals surface area contributed by atoms with Crippen LogP contribution in [0.4, 0.5) is 16.2 Å². The van der Waals surface area contributed by atoms with E-state index < -0.39 is 11.6 Å².